The average Bonchev–Trinajstić information content (AvgIpc) is 3.01. The molecule has 0 saturated carbocycles. The van der Waals surface area contributed by atoms with E-state index < -0.39 is 17.7 Å². The molecule has 3 aromatic rings. The number of benzene rings is 2. The van der Waals surface area contributed by atoms with Crippen LogP contribution in [0.4, 0.5) is 5.69 Å². The molecule has 1 N–H and O–H groups in total. The highest BCUT2D eigenvalue weighted by Crippen LogP contribution is 2.42. The van der Waals surface area contributed by atoms with Gasteiger partial charge in [0.2, 0.25) is 0 Å². The molecule has 6 heteroatoms. The summed E-state index contributed by atoms with van der Waals surface area (Å²) < 4.78 is 0.891. The third-order valence-corrected chi connectivity index (χ3v) is 5.80. The Morgan fingerprint density at radius 3 is 2.48 bits per heavy atom. The van der Waals surface area contributed by atoms with Crippen LogP contribution < -0.4 is 4.90 Å². The first-order valence-corrected chi connectivity index (χ1v) is 9.81. The van der Waals surface area contributed by atoms with Crippen molar-refractivity contribution in [3.8, 4) is 0 Å². The molecule has 0 radical (unpaired) electrons. The summed E-state index contributed by atoms with van der Waals surface area (Å²) in [6, 6.07) is 17.0. The summed E-state index contributed by atoms with van der Waals surface area (Å²) in [6.45, 7) is 1.89. The van der Waals surface area contributed by atoms with Gasteiger partial charge in [-0.25, -0.2) is 0 Å². The first kappa shape index (κ1) is 19.1. The van der Waals surface area contributed by atoms with Crippen LogP contribution in [0.15, 0.2) is 83.1 Å². The number of amides is 1. The van der Waals surface area contributed by atoms with E-state index in [4.69, 9.17) is 0 Å². The van der Waals surface area contributed by atoms with E-state index in [0.717, 1.165) is 10.0 Å². The van der Waals surface area contributed by atoms with Crippen LogP contribution >= 0.6 is 15.9 Å². The van der Waals surface area contributed by atoms with Gasteiger partial charge in [0.15, 0.2) is 0 Å². The fourth-order valence-electron chi connectivity index (χ4n) is 3.49. The molecule has 1 aliphatic rings. The van der Waals surface area contributed by atoms with Crippen molar-refractivity contribution in [1.82, 2.24) is 4.98 Å². The molecule has 1 fully saturated rings. The van der Waals surface area contributed by atoms with E-state index in [9.17, 15) is 14.7 Å². The molecule has 5 nitrogen and oxygen atoms in total. The number of aromatic nitrogens is 1. The number of pyridine rings is 1. The molecule has 1 aromatic heterocycles. The molecule has 0 bridgehead atoms. The molecular weight excluding hydrogens is 432 g/mol. The Morgan fingerprint density at radius 1 is 1.07 bits per heavy atom. The zero-order chi connectivity index (χ0) is 20.5. The molecule has 0 aliphatic carbocycles. The Balaban J connectivity index is 1.95. The Bertz CT molecular complexity index is 1130. The van der Waals surface area contributed by atoms with Crippen LogP contribution in [0.5, 0.6) is 0 Å². The standard InChI is InChI=1S/C23H17BrN2O3/c1-14-12-15(9-10-18(14)24)21(27)19-20(16-6-5-11-25-13-16)26(23(29)22(19)28)17-7-3-2-4-8-17/h2-13,20,27H,1H3/b21-19-. The van der Waals surface area contributed by atoms with E-state index in [-0.39, 0.29) is 11.3 Å². The predicted molar refractivity (Wildman–Crippen MR) is 114 cm³/mol. The predicted octanol–water partition coefficient (Wildman–Crippen LogP) is 4.78. The van der Waals surface area contributed by atoms with Crippen LogP contribution in [0.1, 0.15) is 22.7 Å². The molecule has 2 aromatic carbocycles. The Hall–Kier alpha value is -3.25. The summed E-state index contributed by atoms with van der Waals surface area (Å²) in [5.41, 5.74) is 2.66. The van der Waals surface area contributed by atoms with Crippen molar-refractivity contribution in [3.63, 3.8) is 0 Å². The number of nitrogens with zero attached hydrogens (tertiary/aromatic N) is 2. The van der Waals surface area contributed by atoms with Crippen LogP contribution in [0.2, 0.25) is 0 Å². The summed E-state index contributed by atoms with van der Waals surface area (Å²) >= 11 is 3.44. The number of hydrogen-bond donors (Lipinski definition) is 1. The van der Waals surface area contributed by atoms with Crippen molar-refractivity contribution in [2.45, 2.75) is 13.0 Å². The third-order valence-electron chi connectivity index (χ3n) is 4.91. The number of halogens is 1. The lowest BCUT2D eigenvalue weighted by atomic mass is 9.95. The number of aliphatic hydroxyl groups excluding tert-OH is 1. The fraction of sp³-hybridized carbons (Fsp3) is 0.0870. The van der Waals surface area contributed by atoms with Crippen molar-refractivity contribution in [3.05, 3.63) is 99.8 Å². The Labute approximate surface area is 176 Å². The molecular formula is C23H17BrN2O3. The molecule has 1 saturated heterocycles. The first-order valence-electron chi connectivity index (χ1n) is 9.01. The minimum absolute atomic E-state index is 0.0496. The summed E-state index contributed by atoms with van der Waals surface area (Å²) in [5.74, 6) is -1.60. The van der Waals surface area contributed by atoms with Crippen LogP contribution in [-0.2, 0) is 9.59 Å². The topological polar surface area (TPSA) is 70.5 Å². The van der Waals surface area contributed by atoms with Crippen molar-refractivity contribution in [2.75, 3.05) is 4.90 Å². The highest BCUT2D eigenvalue weighted by Gasteiger charge is 2.47. The zero-order valence-electron chi connectivity index (χ0n) is 15.5. The molecule has 29 heavy (non-hydrogen) atoms. The monoisotopic (exact) mass is 448 g/mol. The normalized spacial score (nSPS) is 18.3. The Morgan fingerprint density at radius 2 is 1.83 bits per heavy atom. The number of hydrogen-bond acceptors (Lipinski definition) is 4. The van der Waals surface area contributed by atoms with Gasteiger partial charge in [-0.3, -0.25) is 19.5 Å². The summed E-state index contributed by atoms with van der Waals surface area (Å²) in [7, 11) is 0. The van der Waals surface area contributed by atoms with Gasteiger partial charge in [-0.05, 0) is 48.4 Å². The molecule has 1 unspecified atom stereocenters. The first-order chi connectivity index (χ1) is 14.0. The number of anilines is 1. The van der Waals surface area contributed by atoms with Gasteiger partial charge >= 0.3 is 0 Å². The number of carbonyl (C=O) groups is 2. The van der Waals surface area contributed by atoms with Crippen LogP contribution in [0.3, 0.4) is 0 Å². The van der Waals surface area contributed by atoms with Gasteiger partial charge in [0.25, 0.3) is 11.7 Å². The highest BCUT2D eigenvalue weighted by molar-refractivity contribution is 9.10. The van der Waals surface area contributed by atoms with Gasteiger partial charge in [0.1, 0.15) is 5.76 Å². The van der Waals surface area contributed by atoms with Crippen molar-refractivity contribution < 1.29 is 14.7 Å². The van der Waals surface area contributed by atoms with Gasteiger partial charge in [-0.1, -0.05) is 46.3 Å². The summed E-state index contributed by atoms with van der Waals surface area (Å²) in [5, 5.41) is 11.1. The average molecular weight is 449 g/mol. The number of ketones is 1. The second kappa shape index (κ2) is 7.64. The summed E-state index contributed by atoms with van der Waals surface area (Å²) in [4.78, 5) is 31.5. The van der Waals surface area contributed by atoms with Crippen molar-refractivity contribution >= 4 is 39.1 Å². The van der Waals surface area contributed by atoms with E-state index >= 15 is 0 Å². The largest absolute Gasteiger partial charge is 0.507 e. The quantitative estimate of drug-likeness (QED) is 0.355. The smallest absolute Gasteiger partial charge is 0.300 e. The minimum atomic E-state index is -0.768. The second-order valence-electron chi connectivity index (χ2n) is 6.75. The van der Waals surface area contributed by atoms with Crippen LogP contribution in [-0.4, -0.2) is 21.8 Å². The molecule has 1 aliphatic heterocycles. The summed E-state index contributed by atoms with van der Waals surface area (Å²) in [6.07, 6.45) is 3.23. The minimum Gasteiger partial charge on any atom is -0.507 e. The van der Waals surface area contributed by atoms with Crippen molar-refractivity contribution in [1.29, 1.82) is 0 Å². The molecule has 4 rings (SSSR count). The van der Waals surface area contributed by atoms with E-state index in [1.54, 1.807) is 67.0 Å². The van der Waals surface area contributed by atoms with Gasteiger partial charge in [0.05, 0.1) is 11.6 Å². The van der Waals surface area contributed by atoms with E-state index in [2.05, 4.69) is 20.9 Å². The van der Waals surface area contributed by atoms with E-state index in [1.165, 1.54) is 4.90 Å². The molecule has 0 spiro atoms. The molecule has 144 valence electrons. The maximum Gasteiger partial charge on any atom is 0.300 e. The fourth-order valence-corrected chi connectivity index (χ4v) is 3.73. The van der Waals surface area contributed by atoms with Crippen LogP contribution in [0.25, 0.3) is 5.76 Å². The number of rotatable bonds is 3. The number of carbonyl (C=O) groups excluding carboxylic acids is 2. The van der Waals surface area contributed by atoms with Gasteiger partial charge in [-0.15, -0.1) is 0 Å². The van der Waals surface area contributed by atoms with Crippen LogP contribution in [0, 0.1) is 6.92 Å². The Kier molecular flexibility index (Phi) is 5.03. The molecule has 2 heterocycles. The van der Waals surface area contributed by atoms with Crippen molar-refractivity contribution in [2.24, 2.45) is 0 Å². The lowest BCUT2D eigenvalue weighted by molar-refractivity contribution is -0.132. The second-order valence-corrected chi connectivity index (χ2v) is 7.61. The lowest BCUT2D eigenvalue weighted by Crippen LogP contribution is -2.29. The molecule has 1 atom stereocenters. The number of Topliss-reactive ketones (excluding diaryl/α,β-unsaturated/α-hetero) is 1. The van der Waals surface area contributed by atoms with E-state index in [1.807, 2.05) is 13.0 Å². The van der Waals surface area contributed by atoms with Gasteiger partial charge in [-0.2, -0.15) is 0 Å². The highest BCUT2D eigenvalue weighted by atomic mass is 79.9. The number of aliphatic hydroxyl groups is 1. The molecule has 1 amide bonds. The maximum atomic E-state index is 13.0. The maximum absolute atomic E-state index is 13.0. The van der Waals surface area contributed by atoms with Gasteiger partial charge < -0.3 is 5.11 Å². The van der Waals surface area contributed by atoms with Gasteiger partial charge in [0, 0.05) is 28.1 Å². The number of aryl methyl sites for hydroxylation is 1. The SMILES string of the molecule is Cc1cc(/C(O)=C2/C(=O)C(=O)N(c3ccccc3)C2c2cccnc2)ccc1Br. The third kappa shape index (κ3) is 3.36. The van der Waals surface area contributed by atoms with E-state index in [0.29, 0.717) is 16.8 Å². The lowest BCUT2D eigenvalue weighted by Gasteiger charge is -2.25. The number of para-hydroxylation sites is 1. The zero-order valence-corrected chi connectivity index (χ0v) is 17.1.